The molecule has 0 aliphatic heterocycles. The summed E-state index contributed by atoms with van der Waals surface area (Å²) in [6.07, 6.45) is -4.28. The molecule has 0 bridgehead atoms. The van der Waals surface area contributed by atoms with E-state index >= 15 is 0 Å². The van der Waals surface area contributed by atoms with Gasteiger partial charge >= 0.3 is 6.18 Å². The number of hydrogen-bond donors (Lipinski definition) is 2. The van der Waals surface area contributed by atoms with E-state index < -0.39 is 39.9 Å². The van der Waals surface area contributed by atoms with Crippen molar-refractivity contribution in [3.8, 4) is 0 Å². The summed E-state index contributed by atoms with van der Waals surface area (Å²) in [5.74, 6) is -3.42. The summed E-state index contributed by atoms with van der Waals surface area (Å²) in [5, 5.41) is 6.22. The number of halogens is 8. The molecule has 4 nitrogen and oxygen atoms in total. The fraction of sp³-hybridized carbons (Fsp3) is 0.200. The Morgan fingerprint density at radius 3 is 2.08 bits per heavy atom. The van der Waals surface area contributed by atoms with Crippen LogP contribution in [0, 0.1) is 5.92 Å². The van der Waals surface area contributed by atoms with Gasteiger partial charge < -0.3 is 10.6 Å². The Morgan fingerprint density at radius 2 is 1.47 bits per heavy atom. The maximum atomic E-state index is 13.0. The maximum absolute atomic E-state index is 13.0. The number of hydrogen-bond acceptors (Lipinski definition) is 3. The molecule has 0 unspecified atom stereocenters. The molecular formula is C25H16Cl5F3N2O2S. The molecule has 0 radical (unpaired) electrons. The van der Waals surface area contributed by atoms with E-state index in [2.05, 4.69) is 10.6 Å². The van der Waals surface area contributed by atoms with Crippen LogP contribution in [0.1, 0.15) is 21.8 Å². The molecule has 1 aliphatic carbocycles. The predicted molar refractivity (Wildman–Crippen MR) is 148 cm³/mol. The second-order valence-corrected chi connectivity index (χ2v) is 12.2. The van der Waals surface area contributed by atoms with Crippen LogP contribution in [0.15, 0.2) is 65.6 Å². The summed E-state index contributed by atoms with van der Waals surface area (Å²) in [4.78, 5) is 26.2. The zero-order valence-electron chi connectivity index (χ0n) is 18.9. The monoisotopic (exact) mass is 640 g/mol. The molecule has 3 aromatic rings. The summed E-state index contributed by atoms with van der Waals surface area (Å²) in [6, 6.07) is 15.1. The Balaban J connectivity index is 1.43. The molecule has 13 heteroatoms. The highest BCUT2D eigenvalue weighted by Gasteiger charge is 2.67. The van der Waals surface area contributed by atoms with E-state index in [4.69, 9.17) is 58.0 Å². The molecule has 1 saturated carbocycles. The van der Waals surface area contributed by atoms with Gasteiger partial charge in [-0.25, -0.2) is 0 Å². The Bertz CT molecular complexity index is 1370. The van der Waals surface area contributed by atoms with Crippen LogP contribution in [-0.2, 0) is 4.79 Å². The van der Waals surface area contributed by atoms with Crippen molar-refractivity contribution in [3.63, 3.8) is 0 Å². The van der Waals surface area contributed by atoms with E-state index in [0.717, 1.165) is 0 Å². The Morgan fingerprint density at radius 1 is 0.868 bits per heavy atom. The second kappa shape index (κ2) is 11.4. The molecule has 1 fully saturated rings. The molecule has 3 aromatic carbocycles. The Hall–Kier alpha value is -1.81. The molecule has 2 atom stereocenters. The summed E-state index contributed by atoms with van der Waals surface area (Å²) < 4.78 is 35.8. The smallest absolute Gasteiger partial charge is 0.326 e. The molecule has 0 spiro atoms. The Kier molecular flexibility index (Phi) is 8.72. The number of benzene rings is 3. The molecule has 4 rings (SSSR count). The van der Waals surface area contributed by atoms with Gasteiger partial charge in [-0.3, -0.25) is 9.59 Å². The zero-order valence-corrected chi connectivity index (χ0v) is 23.5. The number of carbonyl (C=O) groups is 2. The van der Waals surface area contributed by atoms with Crippen molar-refractivity contribution in [2.45, 2.75) is 21.3 Å². The number of rotatable bonds is 7. The van der Waals surface area contributed by atoms with Crippen molar-refractivity contribution >= 4 is 93.0 Å². The minimum Gasteiger partial charge on any atom is -0.326 e. The van der Waals surface area contributed by atoms with Crippen LogP contribution in [0.4, 0.5) is 24.5 Å². The van der Waals surface area contributed by atoms with Gasteiger partial charge in [0.25, 0.3) is 5.91 Å². The molecule has 200 valence electrons. The van der Waals surface area contributed by atoms with E-state index in [1.165, 1.54) is 42.5 Å². The first kappa shape index (κ1) is 29.2. The largest absolute Gasteiger partial charge is 0.398 e. The number of nitrogens with one attached hydrogen (secondary N) is 2. The first-order valence-electron chi connectivity index (χ1n) is 10.8. The van der Waals surface area contributed by atoms with Gasteiger partial charge in [0.15, 0.2) is 0 Å². The average Bonchev–Trinajstić information content (AvgIpc) is 3.40. The summed E-state index contributed by atoms with van der Waals surface area (Å²) >= 11 is 31.8. The molecule has 0 saturated heterocycles. The van der Waals surface area contributed by atoms with Crippen molar-refractivity contribution in [3.05, 3.63) is 86.9 Å². The molecule has 1 aliphatic rings. The van der Waals surface area contributed by atoms with Crippen LogP contribution in [0.25, 0.3) is 0 Å². The van der Waals surface area contributed by atoms with E-state index in [-0.39, 0.29) is 16.3 Å². The summed E-state index contributed by atoms with van der Waals surface area (Å²) in [6.45, 7) is 0. The quantitative estimate of drug-likeness (QED) is 0.200. The lowest BCUT2D eigenvalue weighted by Gasteiger charge is -2.11. The van der Waals surface area contributed by atoms with Crippen molar-refractivity contribution < 1.29 is 22.8 Å². The minimum atomic E-state index is -4.28. The zero-order chi connectivity index (χ0) is 27.8. The van der Waals surface area contributed by atoms with Crippen LogP contribution in [0.2, 0.25) is 15.1 Å². The van der Waals surface area contributed by atoms with Gasteiger partial charge in [0.2, 0.25) is 5.91 Å². The van der Waals surface area contributed by atoms with Gasteiger partial charge in [-0.05, 0) is 66.2 Å². The van der Waals surface area contributed by atoms with Crippen LogP contribution < -0.4 is 10.6 Å². The molecule has 2 N–H and O–H groups in total. The average molecular weight is 643 g/mol. The molecule has 2 amide bonds. The normalized spacial score (nSPS) is 18.1. The van der Waals surface area contributed by atoms with Gasteiger partial charge in [-0.2, -0.15) is 13.2 Å². The molecule has 38 heavy (non-hydrogen) atoms. The van der Waals surface area contributed by atoms with Crippen molar-refractivity contribution in [1.82, 2.24) is 0 Å². The first-order chi connectivity index (χ1) is 17.7. The van der Waals surface area contributed by atoms with Gasteiger partial charge in [0.1, 0.15) is 4.33 Å². The lowest BCUT2D eigenvalue weighted by Crippen LogP contribution is -2.18. The van der Waals surface area contributed by atoms with Crippen molar-refractivity contribution in [1.29, 1.82) is 0 Å². The lowest BCUT2D eigenvalue weighted by atomic mass is 10.1. The van der Waals surface area contributed by atoms with Gasteiger partial charge in [-0.1, -0.05) is 34.8 Å². The van der Waals surface area contributed by atoms with Crippen LogP contribution in [-0.4, -0.2) is 28.1 Å². The maximum Gasteiger partial charge on any atom is 0.398 e. The standard InChI is InChI=1S/C25H16Cl5F3N2O2S/c26-13-7-12(8-14(27)9-13)20-21(25(20,29)30)23(37)35-16-3-6-19(28)18(10-16)22(36)34-15-1-4-17(5-2-15)38-11-24(31,32)33/h1-10,20-21H,11H2,(H,34,36)(H,35,37)/t20-,21+/m1/s1. The molecule has 0 heterocycles. The number of alkyl halides is 5. The molecular weight excluding hydrogens is 627 g/mol. The van der Waals surface area contributed by atoms with Crippen LogP contribution >= 0.6 is 69.8 Å². The summed E-state index contributed by atoms with van der Waals surface area (Å²) in [5.41, 5.74) is 1.32. The van der Waals surface area contributed by atoms with Crippen molar-refractivity contribution in [2.24, 2.45) is 5.92 Å². The van der Waals surface area contributed by atoms with Crippen LogP contribution in [0.5, 0.6) is 0 Å². The number of thioether (sulfide) groups is 1. The molecule has 0 aromatic heterocycles. The fourth-order valence-corrected chi connectivity index (χ4v) is 6.05. The highest BCUT2D eigenvalue weighted by molar-refractivity contribution is 7.99. The third-order valence-electron chi connectivity index (χ3n) is 5.57. The topological polar surface area (TPSA) is 58.2 Å². The number of amides is 2. The van der Waals surface area contributed by atoms with E-state index in [9.17, 15) is 22.8 Å². The van der Waals surface area contributed by atoms with Gasteiger partial charge in [0, 0.05) is 32.2 Å². The van der Waals surface area contributed by atoms with Crippen LogP contribution in [0.3, 0.4) is 0 Å². The third-order valence-corrected chi connectivity index (χ3v) is 8.36. The first-order valence-corrected chi connectivity index (χ1v) is 13.7. The third kappa shape index (κ3) is 7.03. The van der Waals surface area contributed by atoms with Gasteiger partial charge in [0.05, 0.1) is 22.3 Å². The number of carbonyl (C=O) groups excluding carboxylic acids is 2. The highest BCUT2D eigenvalue weighted by Crippen LogP contribution is 2.65. The fourth-order valence-electron chi connectivity index (χ4n) is 3.82. The lowest BCUT2D eigenvalue weighted by molar-refractivity contribution is -0.117. The van der Waals surface area contributed by atoms with E-state index in [0.29, 0.717) is 38.0 Å². The Labute approximate surface area is 245 Å². The van der Waals surface area contributed by atoms with E-state index in [1.54, 1.807) is 18.2 Å². The number of anilines is 2. The minimum absolute atomic E-state index is 0.0666. The van der Waals surface area contributed by atoms with E-state index in [1.807, 2.05) is 0 Å². The predicted octanol–water partition coefficient (Wildman–Crippen LogP) is 9.08. The summed E-state index contributed by atoms with van der Waals surface area (Å²) in [7, 11) is 0. The highest BCUT2D eigenvalue weighted by atomic mass is 35.5. The van der Waals surface area contributed by atoms with Crippen molar-refractivity contribution in [2.75, 3.05) is 16.4 Å². The SMILES string of the molecule is O=C(Nc1ccc(SCC(F)(F)F)cc1)c1cc(NC(=O)[C@@H]2[C@@H](c3cc(Cl)cc(Cl)c3)C2(Cl)Cl)ccc1Cl. The van der Waals surface area contributed by atoms with Gasteiger partial charge in [-0.15, -0.1) is 35.0 Å². The second-order valence-electron chi connectivity index (χ2n) is 8.40.